The summed E-state index contributed by atoms with van der Waals surface area (Å²) >= 11 is 0. The molecule has 0 radical (unpaired) electrons. The molecule has 0 spiro atoms. The van der Waals surface area contributed by atoms with Gasteiger partial charge in [-0.1, -0.05) is 37.3 Å². The summed E-state index contributed by atoms with van der Waals surface area (Å²) in [5, 5.41) is 13.5. The van der Waals surface area contributed by atoms with E-state index in [9.17, 15) is 19.7 Å². The summed E-state index contributed by atoms with van der Waals surface area (Å²) in [7, 11) is 0. The molecule has 2 aromatic carbocycles. The number of aryl methyl sites for hydroxylation is 1. The molecule has 0 fully saturated rings. The highest BCUT2D eigenvalue weighted by Gasteiger charge is 2.20. The van der Waals surface area contributed by atoms with E-state index in [1.165, 1.54) is 18.2 Å². The van der Waals surface area contributed by atoms with Crippen molar-refractivity contribution in [2.75, 3.05) is 6.54 Å². The Kier molecular flexibility index (Phi) is 7.26. The zero-order chi connectivity index (χ0) is 20.7. The lowest BCUT2D eigenvalue weighted by Gasteiger charge is -2.29. The van der Waals surface area contributed by atoms with Gasteiger partial charge in [0.2, 0.25) is 5.91 Å². The highest BCUT2D eigenvalue weighted by atomic mass is 16.6. The van der Waals surface area contributed by atoms with Gasteiger partial charge in [-0.15, -0.1) is 0 Å². The van der Waals surface area contributed by atoms with Crippen LogP contribution in [-0.4, -0.2) is 34.2 Å². The zero-order valence-electron chi connectivity index (χ0n) is 16.3. The molecule has 7 heteroatoms. The fourth-order valence-electron chi connectivity index (χ4n) is 2.85. The molecule has 2 amide bonds. The first-order chi connectivity index (χ1) is 13.3. The maximum Gasteiger partial charge on any atom is 0.272 e. The molecule has 2 aromatic rings. The fraction of sp³-hybridized carbons (Fsp3) is 0.333. The Morgan fingerprint density at radius 2 is 1.86 bits per heavy atom. The standard InChI is InChI=1S/C21H25N3O4/c1-4-16(3)23(14-17-8-6-5-7-9-17)20(25)13-22-21(26)18-10-11-19(24(27)28)15(2)12-18/h5-12,16H,4,13-14H2,1-3H3,(H,22,26). The highest BCUT2D eigenvalue weighted by molar-refractivity contribution is 5.96. The minimum Gasteiger partial charge on any atom is -0.343 e. The molecular weight excluding hydrogens is 358 g/mol. The van der Waals surface area contributed by atoms with E-state index < -0.39 is 10.8 Å². The van der Waals surface area contributed by atoms with E-state index >= 15 is 0 Å². The molecule has 0 aliphatic heterocycles. The van der Waals surface area contributed by atoms with Crippen molar-refractivity contribution in [3.63, 3.8) is 0 Å². The van der Waals surface area contributed by atoms with E-state index in [1.807, 2.05) is 44.2 Å². The van der Waals surface area contributed by atoms with Crippen LogP contribution >= 0.6 is 0 Å². The molecule has 0 saturated carbocycles. The Morgan fingerprint density at radius 1 is 1.18 bits per heavy atom. The van der Waals surface area contributed by atoms with Crippen molar-refractivity contribution in [1.29, 1.82) is 0 Å². The molecule has 0 aliphatic rings. The maximum atomic E-state index is 12.7. The molecule has 7 nitrogen and oxygen atoms in total. The molecule has 1 unspecified atom stereocenters. The molecule has 1 atom stereocenters. The van der Waals surface area contributed by atoms with Crippen LogP contribution in [0.1, 0.15) is 41.8 Å². The zero-order valence-corrected chi connectivity index (χ0v) is 16.3. The van der Waals surface area contributed by atoms with Crippen molar-refractivity contribution in [2.24, 2.45) is 0 Å². The summed E-state index contributed by atoms with van der Waals surface area (Å²) in [6.07, 6.45) is 0.800. The van der Waals surface area contributed by atoms with Crippen LogP contribution in [0, 0.1) is 17.0 Å². The lowest BCUT2D eigenvalue weighted by Crippen LogP contribution is -2.44. The number of rotatable bonds is 8. The van der Waals surface area contributed by atoms with Gasteiger partial charge < -0.3 is 10.2 Å². The topological polar surface area (TPSA) is 92.6 Å². The number of benzene rings is 2. The van der Waals surface area contributed by atoms with Crippen molar-refractivity contribution < 1.29 is 14.5 Å². The second kappa shape index (κ2) is 9.64. The van der Waals surface area contributed by atoms with Crippen LogP contribution in [0.3, 0.4) is 0 Å². The Labute approximate surface area is 164 Å². The van der Waals surface area contributed by atoms with E-state index in [1.54, 1.807) is 11.8 Å². The summed E-state index contributed by atoms with van der Waals surface area (Å²) in [6, 6.07) is 13.9. The smallest absolute Gasteiger partial charge is 0.272 e. The number of nitrogens with one attached hydrogen (secondary N) is 1. The van der Waals surface area contributed by atoms with Crippen LogP contribution in [0.2, 0.25) is 0 Å². The van der Waals surface area contributed by atoms with Gasteiger partial charge in [0.1, 0.15) is 0 Å². The van der Waals surface area contributed by atoms with Crippen LogP contribution in [-0.2, 0) is 11.3 Å². The van der Waals surface area contributed by atoms with E-state index in [2.05, 4.69) is 5.32 Å². The third kappa shape index (κ3) is 5.39. The normalized spacial score (nSPS) is 11.5. The molecule has 0 saturated heterocycles. The van der Waals surface area contributed by atoms with Gasteiger partial charge in [-0.2, -0.15) is 0 Å². The molecule has 1 N–H and O–H groups in total. The summed E-state index contributed by atoms with van der Waals surface area (Å²) in [5.74, 6) is -0.611. The Hall–Kier alpha value is -3.22. The fourth-order valence-corrected chi connectivity index (χ4v) is 2.85. The second-order valence-corrected chi connectivity index (χ2v) is 6.71. The summed E-state index contributed by atoms with van der Waals surface area (Å²) in [4.78, 5) is 37.2. The average molecular weight is 383 g/mol. The number of carbonyl (C=O) groups is 2. The Morgan fingerprint density at radius 3 is 2.43 bits per heavy atom. The highest BCUT2D eigenvalue weighted by Crippen LogP contribution is 2.18. The van der Waals surface area contributed by atoms with Crippen LogP contribution in [0.5, 0.6) is 0 Å². The SMILES string of the molecule is CCC(C)N(Cc1ccccc1)C(=O)CNC(=O)c1ccc([N+](=O)[O-])c(C)c1. The van der Waals surface area contributed by atoms with Gasteiger partial charge in [-0.05, 0) is 38.0 Å². The van der Waals surface area contributed by atoms with Gasteiger partial charge >= 0.3 is 0 Å². The minimum atomic E-state index is -0.492. The number of hydrogen-bond donors (Lipinski definition) is 1. The number of amides is 2. The Bertz CT molecular complexity index is 852. The molecule has 0 heterocycles. The van der Waals surface area contributed by atoms with Crippen molar-refractivity contribution in [1.82, 2.24) is 10.2 Å². The van der Waals surface area contributed by atoms with Crippen molar-refractivity contribution >= 4 is 17.5 Å². The van der Waals surface area contributed by atoms with Crippen molar-refractivity contribution in [3.05, 3.63) is 75.3 Å². The quantitative estimate of drug-likeness (QED) is 0.558. The van der Waals surface area contributed by atoms with E-state index in [0.717, 1.165) is 12.0 Å². The van der Waals surface area contributed by atoms with Crippen LogP contribution in [0.25, 0.3) is 0 Å². The first-order valence-corrected chi connectivity index (χ1v) is 9.20. The van der Waals surface area contributed by atoms with Gasteiger partial charge in [0.05, 0.1) is 11.5 Å². The first-order valence-electron chi connectivity index (χ1n) is 9.20. The lowest BCUT2D eigenvalue weighted by molar-refractivity contribution is -0.385. The average Bonchev–Trinajstić information content (AvgIpc) is 2.69. The number of nitro groups is 1. The predicted octanol–water partition coefficient (Wildman–Crippen LogP) is 3.46. The van der Waals surface area contributed by atoms with Crippen LogP contribution < -0.4 is 5.32 Å². The largest absolute Gasteiger partial charge is 0.343 e. The van der Waals surface area contributed by atoms with Gasteiger partial charge in [0, 0.05) is 29.8 Å². The van der Waals surface area contributed by atoms with Gasteiger partial charge in [-0.25, -0.2) is 0 Å². The second-order valence-electron chi connectivity index (χ2n) is 6.71. The monoisotopic (exact) mass is 383 g/mol. The molecule has 148 valence electrons. The summed E-state index contributed by atoms with van der Waals surface area (Å²) in [5.41, 5.74) is 1.66. The number of hydrogen-bond acceptors (Lipinski definition) is 4. The first kappa shape index (κ1) is 21.1. The predicted molar refractivity (Wildman–Crippen MR) is 107 cm³/mol. The van der Waals surface area contributed by atoms with Gasteiger partial charge in [0.15, 0.2) is 0 Å². The van der Waals surface area contributed by atoms with Gasteiger partial charge in [0.25, 0.3) is 11.6 Å². The molecule has 0 bridgehead atoms. The number of nitrogens with zero attached hydrogens (tertiary/aromatic N) is 2. The van der Waals surface area contributed by atoms with Crippen LogP contribution in [0.4, 0.5) is 5.69 Å². The van der Waals surface area contributed by atoms with Gasteiger partial charge in [-0.3, -0.25) is 19.7 Å². The summed E-state index contributed by atoms with van der Waals surface area (Å²) in [6.45, 7) is 5.90. The number of carbonyl (C=O) groups excluding carboxylic acids is 2. The molecular formula is C21H25N3O4. The number of nitro benzene ring substituents is 1. The lowest BCUT2D eigenvalue weighted by atomic mass is 10.1. The van der Waals surface area contributed by atoms with Crippen molar-refractivity contribution in [2.45, 2.75) is 39.8 Å². The Balaban J connectivity index is 2.04. The maximum absolute atomic E-state index is 12.7. The molecule has 28 heavy (non-hydrogen) atoms. The molecule has 0 aromatic heterocycles. The molecule has 0 aliphatic carbocycles. The molecule has 2 rings (SSSR count). The van der Waals surface area contributed by atoms with Crippen LogP contribution in [0.15, 0.2) is 48.5 Å². The van der Waals surface area contributed by atoms with Crippen molar-refractivity contribution in [3.8, 4) is 0 Å². The third-order valence-electron chi connectivity index (χ3n) is 4.69. The minimum absolute atomic E-state index is 0.0335. The van der Waals surface area contributed by atoms with E-state index in [4.69, 9.17) is 0 Å². The third-order valence-corrected chi connectivity index (χ3v) is 4.69. The van der Waals surface area contributed by atoms with E-state index in [-0.39, 0.29) is 29.7 Å². The van der Waals surface area contributed by atoms with E-state index in [0.29, 0.717) is 12.1 Å². The summed E-state index contributed by atoms with van der Waals surface area (Å²) < 4.78 is 0.